The first-order valence-electron chi connectivity index (χ1n) is 20.4. The number of esters is 1. The molecule has 0 aliphatic rings. The van der Waals surface area contributed by atoms with Crippen molar-refractivity contribution < 1.29 is 37.9 Å². The molecule has 0 spiro atoms. The number of aliphatic hydroxyl groups is 1. The van der Waals surface area contributed by atoms with Gasteiger partial charge in [-0.1, -0.05) is 164 Å². The number of carbonyl (C=O) groups is 2. The molecule has 0 saturated carbocycles. The highest BCUT2D eigenvalue weighted by Gasteiger charge is 2.23. The third-order valence-electron chi connectivity index (χ3n) is 8.16. The summed E-state index contributed by atoms with van der Waals surface area (Å²) in [7, 11) is -4.44. The van der Waals surface area contributed by atoms with Gasteiger partial charge in [0.1, 0.15) is 12.7 Å². The predicted molar refractivity (Wildman–Crippen MR) is 219 cm³/mol. The van der Waals surface area contributed by atoms with Gasteiger partial charge in [0.25, 0.3) is 0 Å². The van der Waals surface area contributed by atoms with Gasteiger partial charge in [0, 0.05) is 19.4 Å². The van der Waals surface area contributed by atoms with E-state index in [4.69, 9.17) is 13.8 Å². The SMILES string of the molecule is CC/C=C\C/C=C\C/C=C\C/C=C\C/C=C\C/C=C\CCC(=O)NCCOP(=O)(O)OCC(O)COC(=O)CCCCCCCCCCCCCCC. The number of ether oxygens (including phenoxy) is 1. The van der Waals surface area contributed by atoms with Crippen molar-refractivity contribution in [3.05, 3.63) is 72.9 Å². The molecule has 2 unspecified atom stereocenters. The summed E-state index contributed by atoms with van der Waals surface area (Å²) in [4.78, 5) is 33.8. The summed E-state index contributed by atoms with van der Waals surface area (Å²) in [6, 6.07) is 0. The van der Waals surface area contributed by atoms with E-state index >= 15 is 0 Å². The average molecular weight is 764 g/mol. The number of aliphatic hydroxyl groups excluding tert-OH is 1. The largest absolute Gasteiger partial charge is 0.472 e. The van der Waals surface area contributed by atoms with Crippen LogP contribution in [0.25, 0.3) is 0 Å². The van der Waals surface area contributed by atoms with Crippen LogP contribution in [0.3, 0.4) is 0 Å². The molecule has 3 N–H and O–H groups in total. The highest BCUT2D eigenvalue weighted by Crippen LogP contribution is 2.42. The number of allylic oxidation sites excluding steroid dienone is 12. The number of unbranched alkanes of at least 4 members (excludes halogenated alkanes) is 12. The molecular formula is C43H74NO8P. The first kappa shape index (κ1) is 50.5. The van der Waals surface area contributed by atoms with Gasteiger partial charge < -0.3 is 20.1 Å². The van der Waals surface area contributed by atoms with Crippen molar-refractivity contribution in [2.75, 3.05) is 26.4 Å². The molecule has 0 rings (SSSR count). The Morgan fingerprint density at radius 1 is 0.604 bits per heavy atom. The third-order valence-corrected chi connectivity index (χ3v) is 9.15. The second kappa shape index (κ2) is 39.2. The topological polar surface area (TPSA) is 131 Å². The van der Waals surface area contributed by atoms with Crippen molar-refractivity contribution in [2.24, 2.45) is 0 Å². The second-order valence-corrected chi connectivity index (χ2v) is 14.7. The molecule has 0 aromatic rings. The Bertz CT molecular complexity index is 1100. The Labute approximate surface area is 322 Å². The summed E-state index contributed by atoms with van der Waals surface area (Å²) in [5.41, 5.74) is 0. The van der Waals surface area contributed by atoms with Crippen molar-refractivity contribution in [1.29, 1.82) is 0 Å². The van der Waals surface area contributed by atoms with Gasteiger partial charge in [-0.3, -0.25) is 18.6 Å². The van der Waals surface area contributed by atoms with Gasteiger partial charge in [-0.05, 0) is 51.4 Å². The Hall–Kier alpha value is -2.55. The number of rotatable bonds is 37. The number of amides is 1. The fourth-order valence-electron chi connectivity index (χ4n) is 5.11. The van der Waals surface area contributed by atoms with Crippen molar-refractivity contribution in [3.8, 4) is 0 Å². The average Bonchev–Trinajstić information content (AvgIpc) is 3.14. The Balaban J connectivity index is 3.74. The van der Waals surface area contributed by atoms with E-state index in [1.807, 2.05) is 12.2 Å². The molecule has 0 aliphatic carbocycles. The van der Waals surface area contributed by atoms with Crippen LogP contribution in [0.5, 0.6) is 0 Å². The van der Waals surface area contributed by atoms with Crippen LogP contribution in [0.2, 0.25) is 0 Å². The normalized spacial score (nSPS) is 14.1. The molecule has 304 valence electrons. The zero-order valence-corrected chi connectivity index (χ0v) is 34.1. The van der Waals surface area contributed by atoms with Crippen LogP contribution in [0.1, 0.15) is 155 Å². The molecular weight excluding hydrogens is 689 g/mol. The molecule has 0 saturated heterocycles. The zero-order valence-electron chi connectivity index (χ0n) is 33.2. The number of phosphoric acid groups is 1. The lowest BCUT2D eigenvalue weighted by Crippen LogP contribution is -2.27. The molecule has 0 aromatic carbocycles. The Morgan fingerprint density at radius 2 is 1.06 bits per heavy atom. The summed E-state index contributed by atoms with van der Waals surface area (Å²) < 4.78 is 26.8. The highest BCUT2D eigenvalue weighted by molar-refractivity contribution is 7.47. The van der Waals surface area contributed by atoms with E-state index in [2.05, 4.69) is 79.9 Å². The zero-order chi connectivity index (χ0) is 38.9. The fraction of sp³-hybridized carbons (Fsp3) is 0.674. The summed E-state index contributed by atoms with van der Waals surface area (Å²) in [6.45, 7) is 3.33. The number of hydrogen-bond acceptors (Lipinski definition) is 7. The summed E-state index contributed by atoms with van der Waals surface area (Å²) >= 11 is 0. The second-order valence-electron chi connectivity index (χ2n) is 13.2. The number of carbonyl (C=O) groups excluding carboxylic acids is 2. The molecule has 0 aromatic heterocycles. The van der Waals surface area contributed by atoms with Crippen LogP contribution >= 0.6 is 7.82 Å². The third kappa shape index (κ3) is 40.5. The first-order valence-corrected chi connectivity index (χ1v) is 21.9. The van der Waals surface area contributed by atoms with Crippen LogP contribution < -0.4 is 5.32 Å². The summed E-state index contributed by atoms with van der Waals surface area (Å²) in [6.07, 6.45) is 47.0. The molecule has 9 nitrogen and oxygen atoms in total. The van der Waals surface area contributed by atoms with E-state index in [0.717, 1.165) is 57.8 Å². The monoisotopic (exact) mass is 764 g/mol. The van der Waals surface area contributed by atoms with Crippen molar-refractivity contribution in [3.63, 3.8) is 0 Å². The molecule has 53 heavy (non-hydrogen) atoms. The minimum atomic E-state index is -4.44. The van der Waals surface area contributed by atoms with Crippen LogP contribution in [0, 0.1) is 0 Å². The van der Waals surface area contributed by atoms with Gasteiger partial charge >= 0.3 is 13.8 Å². The van der Waals surface area contributed by atoms with Gasteiger partial charge in [0.15, 0.2) is 0 Å². The summed E-state index contributed by atoms with van der Waals surface area (Å²) in [5, 5.41) is 12.6. The van der Waals surface area contributed by atoms with Crippen LogP contribution in [-0.4, -0.2) is 54.3 Å². The predicted octanol–water partition coefficient (Wildman–Crippen LogP) is 11.1. The summed E-state index contributed by atoms with van der Waals surface area (Å²) in [5.74, 6) is -0.607. The lowest BCUT2D eigenvalue weighted by Gasteiger charge is -2.15. The van der Waals surface area contributed by atoms with E-state index in [1.165, 1.54) is 64.2 Å². The maximum atomic E-state index is 12.1. The standard InChI is InChI=1S/C43H74NO8P/c1-3-5-7-9-11-13-15-17-18-19-20-21-22-24-25-27-29-31-33-35-42(46)44-37-38-51-53(48,49)52-40-41(45)39-50-43(47)36-34-32-30-28-26-23-16-14-12-10-8-6-4-2/h5,7,11,13,17-18,20-21,24-25,29,31,41,45H,3-4,6,8-10,12,14-16,19,22-23,26-28,30,32-40H2,1-2H3,(H,44,46)(H,48,49)/b7-5-,13-11-,18-17-,21-20-,25-24-,31-29-. The van der Waals surface area contributed by atoms with Gasteiger partial charge in [0.2, 0.25) is 5.91 Å². The van der Waals surface area contributed by atoms with E-state index < -0.39 is 26.5 Å². The number of nitrogens with one attached hydrogen (secondary N) is 1. The number of phosphoric ester groups is 1. The Morgan fingerprint density at radius 3 is 1.55 bits per heavy atom. The van der Waals surface area contributed by atoms with Crippen molar-refractivity contribution >= 4 is 19.7 Å². The van der Waals surface area contributed by atoms with Crippen LogP contribution in [0.15, 0.2) is 72.9 Å². The van der Waals surface area contributed by atoms with Crippen molar-refractivity contribution in [1.82, 2.24) is 5.32 Å². The quantitative estimate of drug-likeness (QED) is 0.0247. The van der Waals surface area contributed by atoms with Gasteiger partial charge in [-0.25, -0.2) is 4.57 Å². The maximum Gasteiger partial charge on any atom is 0.472 e. The minimum Gasteiger partial charge on any atom is -0.463 e. The Kier molecular flexibility index (Phi) is 37.3. The molecule has 0 fully saturated rings. The van der Waals surface area contributed by atoms with E-state index in [0.29, 0.717) is 12.8 Å². The van der Waals surface area contributed by atoms with Gasteiger partial charge in [-0.15, -0.1) is 0 Å². The van der Waals surface area contributed by atoms with Crippen LogP contribution in [-0.2, 0) is 27.9 Å². The molecule has 0 bridgehead atoms. The van der Waals surface area contributed by atoms with Gasteiger partial charge in [0.05, 0.1) is 13.2 Å². The lowest BCUT2D eigenvalue weighted by atomic mass is 10.0. The minimum absolute atomic E-state index is 0.0376. The van der Waals surface area contributed by atoms with E-state index in [1.54, 1.807) is 0 Å². The van der Waals surface area contributed by atoms with Gasteiger partial charge in [-0.2, -0.15) is 0 Å². The molecule has 0 radical (unpaired) electrons. The fourth-order valence-corrected chi connectivity index (χ4v) is 5.86. The first-order chi connectivity index (χ1) is 25.8. The van der Waals surface area contributed by atoms with E-state index in [9.17, 15) is 24.2 Å². The highest BCUT2D eigenvalue weighted by atomic mass is 31.2. The molecule has 10 heteroatoms. The molecule has 2 atom stereocenters. The number of hydrogen-bond donors (Lipinski definition) is 3. The smallest absolute Gasteiger partial charge is 0.463 e. The molecule has 1 amide bonds. The molecule has 0 aliphatic heterocycles. The van der Waals surface area contributed by atoms with Crippen molar-refractivity contribution in [2.45, 2.75) is 161 Å². The lowest BCUT2D eigenvalue weighted by molar-refractivity contribution is -0.147. The van der Waals surface area contributed by atoms with E-state index in [-0.39, 0.29) is 32.1 Å². The maximum absolute atomic E-state index is 12.1. The van der Waals surface area contributed by atoms with Crippen LogP contribution in [0.4, 0.5) is 0 Å². The molecule has 0 heterocycles.